The lowest BCUT2D eigenvalue weighted by molar-refractivity contribution is -0.0815. The van der Waals surface area contributed by atoms with Gasteiger partial charge in [0.25, 0.3) is 11.8 Å². The van der Waals surface area contributed by atoms with E-state index < -0.39 is 6.10 Å². The topological polar surface area (TPSA) is 94.5 Å². The smallest absolute Gasteiger partial charge is 0.291 e. The van der Waals surface area contributed by atoms with Crippen molar-refractivity contribution in [2.75, 3.05) is 13.1 Å². The highest BCUT2D eigenvalue weighted by atomic mass is 16.5. The van der Waals surface area contributed by atoms with Gasteiger partial charge in [-0.1, -0.05) is 5.16 Å². The van der Waals surface area contributed by atoms with Crippen LogP contribution in [0, 0.1) is 6.92 Å². The minimum atomic E-state index is -0.408. The minimum Gasteiger partial charge on any atom is -0.435 e. The summed E-state index contributed by atoms with van der Waals surface area (Å²) >= 11 is 0. The Hall–Kier alpha value is -2.22. The molecule has 0 unspecified atom stereocenters. The summed E-state index contributed by atoms with van der Waals surface area (Å²) in [6.07, 6.45) is 3.86. The Morgan fingerprint density at radius 1 is 1.08 bits per heavy atom. The Labute approximate surface area is 150 Å². The highest BCUT2D eigenvalue weighted by molar-refractivity contribution is 5.92. The van der Waals surface area contributed by atoms with Crippen LogP contribution in [-0.4, -0.2) is 45.1 Å². The molecule has 26 heavy (non-hydrogen) atoms. The van der Waals surface area contributed by atoms with E-state index in [0.717, 1.165) is 31.5 Å². The normalized spacial score (nSPS) is 26.3. The number of nitrogens with zero attached hydrogens (tertiary/aromatic N) is 4. The van der Waals surface area contributed by atoms with Crippen LogP contribution in [0.3, 0.4) is 0 Å². The fourth-order valence-electron chi connectivity index (χ4n) is 3.40. The van der Waals surface area contributed by atoms with Crippen LogP contribution < -0.4 is 0 Å². The Morgan fingerprint density at radius 3 is 2.58 bits per heavy atom. The molecule has 3 fully saturated rings. The fraction of sp³-hybridized carbons (Fsp3) is 0.667. The van der Waals surface area contributed by atoms with Crippen molar-refractivity contribution in [2.45, 2.75) is 63.6 Å². The van der Waals surface area contributed by atoms with Gasteiger partial charge in [-0.05, 0) is 39.5 Å². The Morgan fingerprint density at radius 2 is 1.85 bits per heavy atom. The molecular formula is C18H22N4O4. The monoisotopic (exact) mass is 358 g/mol. The maximum Gasteiger partial charge on any atom is 0.291 e. The zero-order chi connectivity index (χ0) is 17.8. The lowest BCUT2D eigenvalue weighted by Crippen LogP contribution is -2.46. The fourth-order valence-corrected chi connectivity index (χ4v) is 3.40. The number of morpholine rings is 1. The lowest BCUT2D eigenvalue weighted by Gasteiger charge is -2.34. The number of hydrogen-bond acceptors (Lipinski definition) is 7. The molecule has 2 aromatic rings. The van der Waals surface area contributed by atoms with Crippen molar-refractivity contribution >= 4 is 5.91 Å². The molecule has 0 N–H and O–H groups in total. The second-order valence-electron chi connectivity index (χ2n) is 7.65. The zero-order valence-electron chi connectivity index (χ0n) is 15.0. The van der Waals surface area contributed by atoms with E-state index in [4.69, 9.17) is 13.7 Å². The first-order valence-electron chi connectivity index (χ1n) is 9.34. The first kappa shape index (κ1) is 16.0. The summed E-state index contributed by atoms with van der Waals surface area (Å²) in [6.45, 7) is 4.63. The van der Waals surface area contributed by atoms with Gasteiger partial charge in [-0.3, -0.25) is 4.79 Å². The molecule has 1 saturated heterocycles. The third kappa shape index (κ3) is 2.92. The standard InChI is InChI=1S/C18H22N4O4/c1-9-7-22(18(23)14-10(2)19-16(25-14)12-5-6-12)8-13(24-9)17-20-15(21-26-17)11-3-4-11/h9,11-13H,3-8H2,1-2H3/t9-,13-/m1/s1. The second kappa shape index (κ2) is 5.90. The number of ether oxygens (including phenoxy) is 1. The van der Waals surface area contributed by atoms with Crippen molar-refractivity contribution in [3.05, 3.63) is 29.1 Å². The number of aryl methyl sites for hydroxylation is 1. The summed E-state index contributed by atoms with van der Waals surface area (Å²) in [7, 11) is 0. The van der Waals surface area contributed by atoms with Crippen LogP contribution in [0.4, 0.5) is 0 Å². The Kier molecular flexibility index (Phi) is 3.63. The van der Waals surface area contributed by atoms with Crippen molar-refractivity contribution in [3.8, 4) is 0 Å². The molecule has 138 valence electrons. The summed E-state index contributed by atoms with van der Waals surface area (Å²) < 4.78 is 17.1. The third-order valence-corrected chi connectivity index (χ3v) is 5.16. The number of amides is 1. The molecule has 3 aliphatic rings. The van der Waals surface area contributed by atoms with Gasteiger partial charge in [0, 0.05) is 18.4 Å². The van der Waals surface area contributed by atoms with Gasteiger partial charge in [-0.15, -0.1) is 0 Å². The van der Waals surface area contributed by atoms with E-state index in [1.165, 1.54) is 0 Å². The number of carbonyl (C=O) groups is 1. The quantitative estimate of drug-likeness (QED) is 0.829. The molecule has 2 atom stereocenters. The van der Waals surface area contributed by atoms with Crippen LogP contribution >= 0.6 is 0 Å². The molecule has 1 amide bonds. The highest BCUT2D eigenvalue weighted by Gasteiger charge is 2.37. The van der Waals surface area contributed by atoms with Gasteiger partial charge >= 0.3 is 0 Å². The predicted octanol–water partition coefficient (Wildman–Crippen LogP) is 2.72. The van der Waals surface area contributed by atoms with Crippen LogP contribution in [0.1, 0.15) is 84.4 Å². The van der Waals surface area contributed by atoms with Crippen LogP contribution in [-0.2, 0) is 4.74 Å². The molecule has 1 aliphatic heterocycles. The van der Waals surface area contributed by atoms with Crippen LogP contribution in [0.5, 0.6) is 0 Å². The summed E-state index contributed by atoms with van der Waals surface area (Å²) in [5, 5.41) is 4.05. The van der Waals surface area contributed by atoms with Gasteiger partial charge in [0.2, 0.25) is 5.76 Å². The van der Waals surface area contributed by atoms with Gasteiger partial charge in [-0.25, -0.2) is 4.98 Å². The van der Waals surface area contributed by atoms with E-state index in [-0.39, 0.29) is 12.0 Å². The van der Waals surface area contributed by atoms with E-state index >= 15 is 0 Å². The molecule has 5 rings (SSSR count). The zero-order valence-corrected chi connectivity index (χ0v) is 15.0. The minimum absolute atomic E-state index is 0.125. The van der Waals surface area contributed by atoms with E-state index in [9.17, 15) is 4.79 Å². The molecule has 0 spiro atoms. The van der Waals surface area contributed by atoms with E-state index in [2.05, 4.69) is 15.1 Å². The highest BCUT2D eigenvalue weighted by Crippen LogP contribution is 2.41. The number of rotatable bonds is 4. The number of hydrogen-bond donors (Lipinski definition) is 0. The summed E-state index contributed by atoms with van der Waals surface area (Å²) in [5.41, 5.74) is 0.654. The van der Waals surface area contributed by atoms with E-state index in [1.807, 2.05) is 13.8 Å². The van der Waals surface area contributed by atoms with Gasteiger partial charge in [0.15, 0.2) is 17.8 Å². The van der Waals surface area contributed by atoms with Crippen molar-refractivity contribution < 1.29 is 18.5 Å². The van der Waals surface area contributed by atoms with Crippen LogP contribution in [0.2, 0.25) is 0 Å². The largest absolute Gasteiger partial charge is 0.435 e. The summed E-state index contributed by atoms with van der Waals surface area (Å²) in [4.78, 5) is 23.6. The molecule has 8 heteroatoms. The van der Waals surface area contributed by atoms with Crippen LogP contribution in [0.25, 0.3) is 0 Å². The van der Waals surface area contributed by atoms with Crippen LogP contribution in [0.15, 0.2) is 8.94 Å². The van der Waals surface area contributed by atoms with E-state index in [1.54, 1.807) is 4.90 Å². The van der Waals surface area contributed by atoms with Gasteiger partial charge in [0.05, 0.1) is 18.3 Å². The van der Waals surface area contributed by atoms with Gasteiger partial charge in [-0.2, -0.15) is 4.98 Å². The predicted molar refractivity (Wildman–Crippen MR) is 88.7 cm³/mol. The maximum atomic E-state index is 13.0. The van der Waals surface area contributed by atoms with Crippen molar-refractivity contribution in [1.29, 1.82) is 0 Å². The van der Waals surface area contributed by atoms with E-state index in [0.29, 0.717) is 48.2 Å². The molecule has 2 saturated carbocycles. The summed E-state index contributed by atoms with van der Waals surface area (Å²) in [5.74, 6) is 2.88. The third-order valence-electron chi connectivity index (χ3n) is 5.16. The maximum absolute atomic E-state index is 13.0. The molecule has 8 nitrogen and oxygen atoms in total. The molecule has 2 aromatic heterocycles. The molecule has 3 heterocycles. The number of carbonyl (C=O) groups excluding carboxylic acids is 1. The Bertz CT molecular complexity index is 836. The molecular weight excluding hydrogens is 336 g/mol. The molecule has 0 bridgehead atoms. The van der Waals surface area contributed by atoms with Crippen molar-refractivity contribution in [2.24, 2.45) is 0 Å². The lowest BCUT2D eigenvalue weighted by atomic mass is 10.2. The first-order valence-corrected chi connectivity index (χ1v) is 9.34. The number of oxazole rings is 1. The number of aromatic nitrogens is 3. The summed E-state index contributed by atoms with van der Waals surface area (Å²) in [6, 6.07) is 0. The average molecular weight is 358 g/mol. The van der Waals surface area contributed by atoms with Gasteiger partial charge < -0.3 is 18.6 Å². The molecule has 0 aromatic carbocycles. The second-order valence-corrected chi connectivity index (χ2v) is 7.65. The van der Waals surface area contributed by atoms with Crippen molar-refractivity contribution in [3.63, 3.8) is 0 Å². The molecule has 2 aliphatic carbocycles. The molecule has 0 radical (unpaired) electrons. The SMILES string of the molecule is Cc1nc(C2CC2)oc1C(=O)N1C[C@@H](C)O[C@@H](c2nc(C3CC3)no2)C1. The Balaban J connectivity index is 1.35. The van der Waals surface area contributed by atoms with Gasteiger partial charge in [0.1, 0.15) is 0 Å². The average Bonchev–Trinajstić information content (AvgIpc) is 3.56. The first-order chi connectivity index (χ1) is 12.6. The van der Waals surface area contributed by atoms with Crippen molar-refractivity contribution in [1.82, 2.24) is 20.0 Å².